The van der Waals surface area contributed by atoms with E-state index in [1.165, 1.54) is 5.56 Å². The molecule has 1 aromatic carbocycles. The minimum atomic E-state index is -0.295. The molecule has 0 radical (unpaired) electrons. The number of benzene rings is 1. The highest BCUT2D eigenvalue weighted by molar-refractivity contribution is 5.75. The maximum Gasteiger partial charge on any atom is 0.318 e. The zero-order valence-corrected chi connectivity index (χ0v) is 13.0. The Morgan fingerprint density at radius 3 is 3.05 bits per heavy atom. The van der Waals surface area contributed by atoms with Crippen molar-refractivity contribution in [3.8, 4) is 5.75 Å². The van der Waals surface area contributed by atoms with Crippen molar-refractivity contribution in [2.45, 2.75) is 26.0 Å². The summed E-state index contributed by atoms with van der Waals surface area (Å²) in [6.45, 7) is 5.87. The molecule has 120 valence electrons. The molecule has 2 atom stereocenters. The molecule has 2 aliphatic rings. The number of hydrogen-bond donors (Lipinski definition) is 2. The van der Waals surface area contributed by atoms with Gasteiger partial charge in [0.2, 0.25) is 0 Å². The van der Waals surface area contributed by atoms with Crippen LogP contribution >= 0.6 is 0 Å². The van der Waals surface area contributed by atoms with Gasteiger partial charge in [-0.25, -0.2) is 4.79 Å². The third-order valence-corrected chi connectivity index (χ3v) is 4.40. The number of aliphatic hydroxyl groups excluding tert-OH is 1. The van der Waals surface area contributed by atoms with Crippen molar-refractivity contribution in [2.75, 3.05) is 32.9 Å². The molecular weight excluding hydrogens is 284 g/mol. The highest BCUT2D eigenvalue weighted by Crippen LogP contribution is 2.36. The molecule has 1 aromatic rings. The summed E-state index contributed by atoms with van der Waals surface area (Å²) in [4.78, 5) is 14.1. The average Bonchev–Trinajstić information content (AvgIpc) is 2.94. The summed E-state index contributed by atoms with van der Waals surface area (Å²) in [5, 5.41) is 12.2. The van der Waals surface area contributed by atoms with Crippen molar-refractivity contribution in [2.24, 2.45) is 0 Å². The van der Waals surface area contributed by atoms with Gasteiger partial charge in [0, 0.05) is 12.1 Å². The lowest BCUT2D eigenvalue weighted by atomic mass is 10.0. The average molecular weight is 306 g/mol. The third-order valence-electron chi connectivity index (χ3n) is 4.40. The van der Waals surface area contributed by atoms with E-state index in [9.17, 15) is 4.79 Å². The van der Waals surface area contributed by atoms with E-state index in [1.807, 2.05) is 19.9 Å². The van der Waals surface area contributed by atoms with Crippen LogP contribution in [0.25, 0.3) is 0 Å². The molecule has 0 unspecified atom stereocenters. The summed E-state index contributed by atoms with van der Waals surface area (Å²) in [5.74, 6) is 0.889. The highest BCUT2D eigenvalue weighted by Gasteiger charge is 2.30. The quantitative estimate of drug-likeness (QED) is 0.859. The zero-order valence-electron chi connectivity index (χ0n) is 13.0. The molecule has 1 saturated heterocycles. The summed E-state index contributed by atoms with van der Waals surface area (Å²) >= 11 is 0. The molecule has 0 saturated carbocycles. The predicted octanol–water partition coefficient (Wildman–Crippen LogP) is 1.14. The summed E-state index contributed by atoms with van der Waals surface area (Å²) in [7, 11) is 0. The van der Waals surface area contributed by atoms with Crippen LogP contribution in [-0.2, 0) is 4.74 Å². The van der Waals surface area contributed by atoms with Gasteiger partial charge in [0.25, 0.3) is 0 Å². The van der Waals surface area contributed by atoms with E-state index in [4.69, 9.17) is 14.6 Å². The van der Waals surface area contributed by atoms with Crippen LogP contribution in [0.2, 0.25) is 0 Å². The van der Waals surface area contributed by atoms with Crippen LogP contribution in [0.3, 0.4) is 0 Å². The lowest BCUT2D eigenvalue weighted by molar-refractivity contribution is -0.0405. The van der Waals surface area contributed by atoms with E-state index in [1.54, 1.807) is 4.90 Å². The second-order valence-electron chi connectivity index (χ2n) is 5.86. The number of rotatable bonds is 2. The van der Waals surface area contributed by atoms with Gasteiger partial charge in [0.05, 0.1) is 31.9 Å². The first-order chi connectivity index (χ1) is 10.6. The molecule has 0 spiro atoms. The van der Waals surface area contributed by atoms with Crippen LogP contribution in [0, 0.1) is 13.8 Å². The Hall–Kier alpha value is -1.79. The number of nitrogens with zero attached hydrogens (tertiary/aromatic N) is 1. The van der Waals surface area contributed by atoms with Gasteiger partial charge in [-0.05, 0) is 25.0 Å². The lowest BCUT2D eigenvalue weighted by Crippen LogP contribution is -2.51. The van der Waals surface area contributed by atoms with E-state index in [2.05, 4.69) is 11.4 Å². The number of morpholine rings is 1. The fourth-order valence-corrected chi connectivity index (χ4v) is 2.91. The Balaban J connectivity index is 1.68. The van der Waals surface area contributed by atoms with E-state index >= 15 is 0 Å². The molecule has 2 N–H and O–H groups in total. The number of nitrogens with one attached hydrogen (secondary N) is 1. The normalized spacial score (nSPS) is 23.9. The minimum Gasteiger partial charge on any atom is -0.490 e. The number of ether oxygens (including phenoxy) is 2. The maximum atomic E-state index is 12.4. The zero-order chi connectivity index (χ0) is 15.7. The van der Waals surface area contributed by atoms with E-state index < -0.39 is 0 Å². The monoisotopic (exact) mass is 306 g/mol. The number of aliphatic hydroxyl groups is 1. The van der Waals surface area contributed by atoms with Crippen LogP contribution < -0.4 is 10.1 Å². The lowest BCUT2D eigenvalue weighted by Gasteiger charge is -2.32. The van der Waals surface area contributed by atoms with Crippen molar-refractivity contribution >= 4 is 6.03 Å². The third kappa shape index (κ3) is 2.76. The van der Waals surface area contributed by atoms with Crippen LogP contribution in [0.1, 0.15) is 22.7 Å². The first-order valence-electron chi connectivity index (χ1n) is 7.61. The fourth-order valence-electron chi connectivity index (χ4n) is 2.91. The molecule has 3 rings (SSSR count). The molecule has 6 nitrogen and oxygen atoms in total. The molecule has 0 aliphatic carbocycles. The largest absolute Gasteiger partial charge is 0.490 e. The molecule has 0 bridgehead atoms. The molecule has 22 heavy (non-hydrogen) atoms. The van der Waals surface area contributed by atoms with Gasteiger partial charge in [0.15, 0.2) is 0 Å². The van der Waals surface area contributed by atoms with Gasteiger partial charge in [-0.1, -0.05) is 12.1 Å². The Labute approximate surface area is 130 Å². The van der Waals surface area contributed by atoms with E-state index in [-0.39, 0.29) is 24.8 Å². The molecule has 6 heteroatoms. The van der Waals surface area contributed by atoms with Gasteiger partial charge in [-0.3, -0.25) is 0 Å². The molecule has 1 fully saturated rings. The standard InChI is InChI=1S/C16H22N2O4/c1-10-3-4-13-14(9-22-15(13)11(10)2)17-16(20)18-5-6-21-12(7-18)8-19/h3-4,12,14,19H,5-9H2,1-2H3,(H,17,20)/t12-,14-/m0/s1. The second kappa shape index (κ2) is 6.14. The smallest absolute Gasteiger partial charge is 0.318 e. The van der Waals surface area contributed by atoms with Crippen molar-refractivity contribution in [3.63, 3.8) is 0 Å². The number of fused-ring (bicyclic) bond motifs is 1. The maximum absolute atomic E-state index is 12.4. The predicted molar refractivity (Wildman–Crippen MR) is 81.1 cm³/mol. The molecular formula is C16H22N2O4. The number of aryl methyl sites for hydroxylation is 1. The van der Waals surface area contributed by atoms with Crippen LogP contribution in [0.5, 0.6) is 5.75 Å². The van der Waals surface area contributed by atoms with E-state index in [0.29, 0.717) is 26.3 Å². The number of amides is 2. The Bertz CT molecular complexity index is 576. The van der Waals surface area contributed by atoms with Gasteiger partial charge < -0.3 is 24.8 Å². The summed E-state index contributed by atoms with van der Waals surface area (Å²) in [5.41, 5.74) is 3.34. The van der Waals surface area contributed by atoms with Gasteiger partial charge in [-0.15, -0.1) is 0 Å². The van der Waals surface area contributed by atoms with Crippen LogP contribution in [0.15, 0.2) is 12.1 Å². The summed E-state index contributed by atoms with van der Waals surface area (Å²) in [6.07, 6.45) is -0.295. The van der Waals surface area contributed by atoms with Crippen molar-refractivity contribution in [1.29, 1.82) is 0 Å². The number of carbonyl (C=O) groups excluding carboxylic acids is 1. The highest BCUT2D eigenvalue weighted by atomic mass is 16.5. The number of carbonyl (C=O) groups is 1. The second-order valence-corrected chi connectivity index (χ2v) is 5.86. The first-order valence-corrected chi connectivity index (χ1v) is 7.61. The number of hydrogen-bond acceptors (Lipinski definition) is 4. The van der Waals surface area contributed by atoms with Crippen molar-refractivity contribution < 1.29 is 19.4 Å². The Kier molecular flexibility index (Phi) is 4.22. The van der Waals surface area contributed by atoms with E-state index in [0.717, 1.165) is 16.9 Å². The fraction of sp³-hybridized carbons (Fsp3) is 0.562. The molecule has 2 heterocycles. The summed E-state index contributed by atoms with van der Waals surface area (Å²) in [6, 6.07) is 3.81. The van der Waals surface area contributed by atoms with Crippen LogP contribution in [0.4, 0.5) is 4.79 Å². The summed E-state index contributed by atoms with van der Waals surface area (Å²) < 4.78 is 11.1. The van der Waals surface area contributed by atoms with Crippen LogP contribution in [-0.4, -0.2) is 55.1 Å². The molecule has 2 aliphatic heterocycles. The molecule has 0 aromatic heterocycles. The van der Waals surface area contributed by atoms with Gasteiger partial charge in [0.1, 0.15) is 12.4 Å². The minimum absolute atomic E-state index is 0.0718. The molecule has 2 amide bonds. The Morgan fingerprint density at radius 1 is 1.45 bits per heavy atom. The van der Waals surface area contributed by atoms with Crippen molar-refractivity contribution in [3.05, 3.63) is 28.8 Å². The van der Waals surface area contributed by atoms with Crippen molar-refractivity contribution in [1.82, 2.24) is 10.2 Å². The number of urea groups is 1. The SMILES string of the molecule is Cc1ccc2c(c1C)OC[C@@H]2NC(=O)N1CCO[C@H](CO)C1. The Morgan fingerprint density at radius 2 is 2.27 bits per heavy atom. The topological polar surface area (TPSA) is 71.0 Å². The van der Waals surface area contributed by atoms with Gasteiger partial charge >= 0.3 is 6.03 Å². The van der Waals surface area contributed by atoms with Gasteiger partial charge in [-0.2, -0.15) is 0 Å². The first kappa shape index (κ1) is 15.1.